The molecule has 3 heterocycles. The summed E-state index contributed by atoms with van der Waals surface area (Å²) in [6.07, 6.45) is 3.91. The number of nitrogens with zero attached hydrogens (tertiary/aromatic N) is 4. The number of hydrogen-bond donors (Lipinski definition) is 0. The molecule has 1 amide bonds. The Morgan fingerprint density at radius 3 is 2.58 bits per heavy atom. The maximum Gasteiger partial charge on any atom is 0.225 e. The van der Waals surface area contributed by atoms with Crippen molar-refractivity contribution in [2.24, 2.45) is 0 Å². The molecule has 1 aromatic heterocycles. The molecule has 0 aliphatic carbocycles. The first-order valence-corrected chi connectivity index (χ1v) is 10.9. The molecule has 162 valence electrons. The molecule has 4 rings (SSSR count). The maximum atomic E-state index is 12.7. The van der Waals surface area contributed by atoms with Crippen molar-refractivity contribution < 1.29 is 14.3 Å². The van der Waals surface area contributed by atoms with Crippen LogP contribution in [-0.4, -0.2) is 60.8 Å². The van der Waals surface area contributed by atoms with E-state index in [1.807, 2.05) is 41.3 Å². The van der Waals surface area contributed by atoms with Crippen LogP contribution in [0.25, 0.3) is 0 Å². The number of nitriles is 1. The number of hydrogen-bond acceptors (Lipinski definition) is 6. The van der Waals surface area contributed by atoms with E-state index in [9.17, 15) is 4.79 Å². The van der Waals surface area contributed by atoms with Gasteiger partial charge in [0.25, 0.3) is 0 Å². The molecule has 0 N–H and O–H groups in total. The summed E-state index contributed by atoms with van der Waals surface area (Å²) in [4.78, 5) is 21.1. The lowest BCUT2D eigenvalue weighted by Gasteiger charge is -2.35. The second-order valence-electron chi connectivity index (χ2n) is 8.05. The summed E-state index contributed by atoms with van der Waals surface area (Å²) in [5.74, 6) is 1.01. The highest BCUT2D eigenvalue weighted by Crippen LogP contribution is 2.24. The van der Waals surface area contributed by atoms with E-state index in [0.29, 0.717) is 38.3 Å². The average Bonchev–Trinajstić information content (AvgIpc) is 3.27. The maximum absolute atomic E-state index is 12.7. The van der Waals surface area contributed by atoms with Gasteiger partial charge in [0, 0.05) is 32.4 Å². The summed E-state index contributed by atoms with van der Waals surface area (Å²) in [7, 11) is 0. The molecule has 0 bridgehead atoms. The van der Waals surface area contributed by atoms with Gasteiger partial charge < -0.3 is 19.3 Å². The Kier molecular flexibility index (Phi) is 7.13. The van der Waals surface area contributed by atoms with Crippen molar-refractivity contribution in [2.45, 2.75) is 38.1 Å². The molecular weight excluding hydrogens is 392 g/mol. The van der Waals surface area contributed by atoms with Gasteiger partial charge in [0.2, 0.25) is 5.91 Å². The third kappa shape index (κ3) is 5.81. The summed E-state index contributed by atoms with van der Waals surface area (Å²) in [5, 5.41) is 8.89. The van der Waals surface area contributed by atoms with E-state index in [0.717, 1.165) is 37.3 Å². The number of ether oxygens (including phenoxy) is 2. The molecule has 2 aromatic rings. The summed E-state index contributed by atoms with van der Waals surface area (Å²) in [5.41, 5.74) is 1.71. The Morgan fingerprint density at radius 1 is 1.10 bits per heavy atom. The Bertz CT molecular complexity index is 889. The van der Waals surface area contributed by atoms with Crippen LogP contribution < -0.4 is 4.90 Å². The number of pyridine rings is 1. The van der Waals surface area contributed by atoms with Crippen LogP contribution in [0.5, 0.6) is 0 Å². The highest BCUT2D eigenvalue weighted by molar-refractivity contribution is 5.77. The van der Waals surface area contributed by atoms with Crippen LogP contribution >= 0.6 is 0 Å². The van der Waals surface area contributed by atoms with Crippen molar-refractivity contribution in [3.63, 3.8) is 0 Å². The molecule has 2 fully saturated rings. The molecule has 2 saturated heterocycles. The standard InChI is InChI=1S/C24H28N4O3/c25-15-20-6-9-23(26-16-20)27-10-12-28(13-11-27)24(29)14-21-7-8-22(31-21)18-30-17-19-4-2-1-3-5-19/h1-6,9,16,21-22H,7-8,10-14,17-18H2. The number of carbonyl (C=O) groups is 1. The lowest BCUT2D eigenvalue weighted by Crippen LogP contribution is -2.49. The molecule has 0 spiro atoms. The monoisotopic (exact) mass is 420 g/mol. The molecule has 7 heteroatoms. The number of carbonyl (C=O) groups excluding carboxylic acids is 1. The van der Waals surface area contributed by atoms with Crippen molar-refractivity contribution in [3.8, 4) is 6.07 Å². The van der Waals surface area contributed by atoms with Crippen LogP contribution in [0.3, 0.4) is 0 Å². The second-order valence-corrected chi connectivity index (χ2v) is 8.05. The van der Waals surface area contributed by atoms with Crippen molar-refractivity contribution in [1.82, 2.24) is 9.88 Å². The van der Waals surface area contributed by atoms with Gasteiger partial charge in [-0.25, -0.2) is 4.98 Å². The first-order valence-electron chi connectivity index (χ1n) is 10.9. The molecular formula is C24H28N4O3. The molecule has 0 saturated carbocycles. The van der Waals surface area contributed by atoms with E-state index < -0.39 is 0 Å². The summed E-state index contributed by atoms with van der Waals surface area (Å²) in [6.45, 7) is 3.99. The van der Waals surface area contributed by atoms with E-state index in [1.165, 1.54) is 0 Å². The highest BCUT2D eigenvalue weighted by atomic mass is 16.5. The predicted molar refractivity (Wildman–Crippen MR) is 116 cm³/mol. The largest absolute Gasteiger partial charge is 0.374 e. The van der Waals surface area contributed by atoms with Crippen molar-refractivity contribution in [2.75, 3.05) is 37.7 Å². The lowest BCUT2D eigenvalue weighted by molar-refractivity contribution is -0.134. The normalized spacial score (nSPS) is 21.1. The van der Waals surface area contributed by atoms with Crippen LogP contribution in [0.15, 0.2) is 48.7 Å². The van der Waals surface area contributed by atoms with E-state index in [-0.39, 0.29) is 18.1 Å². The van der Waals surface area contributed by atoms with Gasteiger partial charge >= 0.3 is 0 Å². The molecule has 2 aliphatic heterocycles. The van der Waals surface area contributed by atoms with Gasteiger partial charge in [-0.05, 0) is 30.5 Å². The third-order valence-electron chi connectivity index (χ3n) is 5.85. The molecule has 2 aliphatic rings. The summed E-state index contributed by atoms with van der Waals surface area (Å²) < 4.78 is 11.8. The highest BCUT2D eigenvalue weighted by Gasteiger charge is 2.30. The van der Waals surface area contributed by atoms with E-state index in [1.54, 1.807) is 12.3 Å². The van der Waals surface area contributed by atoms with E-state index >= 15 is 0 Å². The fraction of sp³-hybridized carbons (Fsp3) is 0.458. The van der Waals surface area contributed by atoms with Crippen molar-refractivity contribution in [3.05, 3.63) is 59.8 Å². The molecule has 2 atom stereocenters. The number of aromatic nitrogens is 1. The molecule has 31 heavy (non-hydrogen) atoms. The summed E-state index contributed by atoms with van der Waals surface area (Å²) in [6, 6.07) is 15.8. The van der Waals surface area contributed by atoms with Gasteiger partial charge in [-0.2, -0.15) is 5.26 Å². The van der Waals surface area contributed by atoms with Crippen LogP contribution in [0.2, 0.25) is 0 Å². The first kappa shape index (κ1) is 21.3. The quantitative estimate of drug-likeness (QED) is 0.685. The van der Waals surface area contributed by atoms with Gasteiger partial charge in [0.1, 0.15) is 11.9 Å². The van der Waals surface area contributed by atoms with Crippen molar-refractivity contribution in [1.29, 1.82) is 5.26 Å². The van der Waals surface area contributed by atoms with E-state index in [2.05, 4.69) is 16.0 Å². The molecule has 2 unspecified atom stereocenters. The average molecular weight is 421 g/mol. The fourth-order valence-corrected chi connectivity index (χ4v) is 4.08. The van der Waals surface area contributed by atoms with Crippen LogP contribution in [0.4, 0.5) is 5.82 Å². The molecule has 0 radical (unpaired) electrons. The van der Waals surface area contributed by atoms with Gasteiger partial charge in [-0.15, -0.1) is 0 Å². The van der Waals surface area contributed by atoms with Crippen LogP contribution in [0.1, 0.15) is 30.4 Å². The third-order valence-corrected chi connectivity index (χ3v) is 5.85. The fourth-order valence-electron chi connectivity index (χ4n) is 4.08. The molecule has 1 aromatic carbocycles. The van der Waals surface area contributed by atoms with Crippen LogP contribution in [0, 0.1) is 11.3 Å². The molecule has 7 nitrogen and oxygen atoms in total. The van der Waals surface area contributed by atoms with Gasteiger partial charge in [0.15, 0.2) is 0 Å². The SMILES string of the molecule is N#Cc1ccc(N2CCN(C(=O)CC3CCC(COCc4ccccc4)O3)CC2)nc1. The minimum Gasteiger partial charge on any atom is -0.374 e. The predicted octanol–water partition coefficient (Wildman–Crippen LogP) is 2.76. The number of piperazine rings is 1. The van der Waals surface area contributed by atoms with Gasteiger partial charge in [-0.1, -0.05) is 30.3 Å². The lowest BCUT2D eigenvalue weighted by atomic mass is 10.1. The van der Waals surface area contributed by atoms with Crippen LogP contribution in [-0.2, 0) is 20.9 Å². The first-order chi connectivity index (χ1) is 15.2. The van der Waals surface area contributed by atoms with Gasteiger partial charge in [-0.3, -0.25) is 4.79 Å². The van der Waals surface area contributed by atoms with E-state index in [4.69, 9.17) is 14.7 Å². The number of amides is 1. The van der Waals surface area contributed by atoms with Gasteiger partial charge in [0.05, 0.1) is 37.4 Å². The number of rotatable bonds is 7. The van der Waals surface area contributed by atoms with Crippen molar-refractivity contribution >= 4 is 11.7 Å². The Hall–Kier alpha value is -2.95. The Balaban J connectivity index is 1.16. The smallest absolute Gasteiger partial charge is 0.225 e. The number of benzene rings is 1. The number of anilines is 1. The zero-order valence-electron chi connectivity index (χ0n) is 17.7. The topological polar surface area (TPSA) is 78.7 Å². The summed E-state index contributed by atoms with van der Waals surface area (Å²) >= 11 is 0. The second kappa shape index (κ2) is 10.4. The Morgan fingerprint density at radius 2 is 1.87 bits per heavy atom. The zero-order valence-corrected chi connectivity index (χ0v) is 17.7. The minimum absolute atomic E-state index is 0.0175. The Labute approximate surface area is 183 Å². The zero-order chi connectivity index (χ0) is 21.5. The minimum atomic E-state index is -0.0175.